The largest absolute Gasteiger partial charge is 0.376 e. The molecule has 0 bridgehead atoms. The summed E-state index contributed by atoms with van der Waals surface area (Å²) >= 11 is 0. The van der Waals surface area contributed by atoms with Crippen LogP contribution in [0.3, 0.4) is 0 Å². The van der Waals surface area contributed by atoms with E-state index in [4.69, 9.17) is 0 Å². The van der Waals surface area contributed by atoms with Crippen molar-refractivity contribution in [3.8, 4) is 0 Å². The van der Waals surface area contributed by atoms with E-state index in [1.807, 2.05) is 49.4 Å². The molecule has 0 aromatic heterocycles. The molecule has 5 heteroatoms. The molecule has 0 saturated heterocycles. The maximum absolute atomic E-state index is 12.3. The van der Waals surface area contributed by atoms with Crippen LogP contribution in [0.1, 0.15) is 30.0 Å². The normalized spacial score (nSPS) is 10.4. The van der Waals surface area contributed by atoms with Gasteiger partial charge in [-0.2, -0.15) is 0 Å². The standard InChI is InChI=1S/C26H29N3O2/c1-3-21-11-7-8-19(2)26(21)27-18-25(31)29-23-15-13-22(14-16-23)28-24(30)17-12-20-9-5-4-6-10-20/h4-11,13-16,27H,3,12,17-18H2,1-2H3,(H,28,30)(H,29,31). The highest BCUT2D eigenvalue weighted by Crippen LogP contribution is 2.21. The van der Waals surface area contributed by atoms with Gasteiger partial charge in [0.15, 0.2) is 0 Å². The van der Waals surface area contributed by atoms with E-state index in [-0.39, 0.29) is 18.4 Å². The second kappa shape index (κ2) is 11.0. The zero-order valence-electron chi connectivity index (χ0n) is 18.1. The average Bonchev–Trinajstić information content (AvgIpc) is 2.78. The van der Waals surface area contributed by atoms with Gasteiger partial charge in [-0.05, 0) is 60.7 Å². The van der Waals surface area contributed by atoms with Gasteiger partial charge in [0.1, 0.15) is 0 Å². The van der Waals surface area contributed by atoms with Crippen LogP contribution < -0.4 is 16.0 Å². The second-order valence-corrected chi connectivity index (χ2v) is 7.48. The van der Waals surface area contributed by atoms with E-state index in [2.05, 4.69) is 28.9 Å². The number of amides is 2. The third-order valence-electron chi connectivity index (χ3n) is 5.10. The van der Waals surface area contributed by atoms with Gasteiger partial charge in [0.2, 0.25) is 11.8 Å². The minimum absolute atomic E-state index is 0.0326. The molecule has 31 heavy (non-hydrogen) atoms. The Kier molecular flexibility index (Phi) is 7.82. The lowest BCUT2D eigenvalue weighted by atomic mass is 10.1. The number of carbonyl (C=O) groups is 2. The molecule has 0 heterocycles. The number of nitrogens with one attached hydrogen (secondary N) is 3. The first kappa shape index (κ1) is 22.1. The van der Waals surface area contributed by atoms with Crippen molar-refractivity contribution < 1.29 is 9.59 Å². The molecule has 2 amide bonds. The number of hydrogen-bond donors (Lipinski definition) is 3. The van der Waals surface area contributed by atoms with Crippen molar-refractivity contribution in [3.05, 3.63) is 89.5 Å². The van der Waals surface area contributed by atoms with Gasteiger partial charge < -0.3 is 16.0 Å². The number of para-hydroxylation sites is 1. The zero-order valence-corrected chi connectivity index (χ0v) is 18.1. The van der Waals surface area contributed by atoms with Crippen molar-refractivity contribution >= 4 is 28.9 Å². The number of benzene rings is 3. The Labute approximate surface area is 183 Å². The molecule has 3 aromatic carbocycles. The maximum atomic E-state index is 12.3. The van der Waals surface area contributed by atoms with E-state index in [0.29, 0.717) is 24.2 Å². The Hall–Kier alpha value is -3.60. The lowest BCUT2D eigenvalue weighted by molar-refractivity contribution is -0.116. The van der Waals surface area contributed by atoms with E-state index < -0.39 is 0 Å². The van der Waals surface area contributed by atoms with E-state index in [1.165, 1.54) is 5.56 Å². The van der Waals surface area contributed by atoms with Gasteiger partial charge in [-0.1, -0.05) is 55.5 Å². The first-order valence-corrected chi connectivity index (χ1v) is 10.6. The number of aryl methyl sites for hydroxylation is 3. The van der Waals surface area contributed by atoms with Crippen LogP contribution in [0.5, 0.6) is 0 Å². The molecule has 3 aromatic rings. The van der Waals surface area contributed by atoms with E-state index >= 15 is 0 Å². The minimum atomic E-state index is -0.120. The second-order valence-electron chi connectivity index (χ2n) is 7.48. The molecule has 0 spiro atoms. The Morgan fingerprint density at radius 2 is 1.42 bits per heavy atom. The summed E-state index contributed by atoms with van der Waals surface area (Å²) in [4.78, 5) is 24.5. The van der Waals surface area contributed by atoms with Crippen LogP contribution in [0, 0.1) is 6.92 Å². The summed E-state index contributed by atoms with van der Waals surface area (Å²) in [5.74, 6) is -0.153. The predicted octanol–water partition coefficient (Wildman–Crippen LogP) is 5.18. The molecule has 3 rings (SSSR count). The monoisotopic (exact) mass is 415 g/mol. The van der Waals surface area contributed by atoms with E-state index in [1.54, 1.807) is 24.3 Å². The minimum Gasteiger partial charge on any atom is -0.376 e. The smallest absolute Gasteiger partial charge is 0.243 e. The van der Waals surface area contributed by atoms with Gasteiger partial charge in [0, 0.05) is 23.5 Å². The third kappa shape index (κ3) is 6.71. The summed E-state index contributed by atoms with van der Waals surface area (Å²) < 4.78 is 0. The molecule has 0 aliphatic heterocycles. The van der Waals surface area contributed by atoms with Crippen LogP contribution in [0.4, 0.5) is 17.1 Å². The molecule has 160 valence electrons. The van der Waals surface area contributed by atoms with Gasteiger partial charge in [0.05, 0.1) is 6.54 Å². The van der Waals surface area contributed by atoms with Crippen LogP contribution in [-0.4, -0.2) is 18.4 Å². The van der Waals surface area contributed by atoms with E-state index in [9.17, 15) is 9.59 Å². The zero-order chi connectivity index (χ0) is 22.1. The number of rotatable bonds is 9. The van der Waals surface area contributed by atoms with Crippen molar-refractivity contribution in [1.82, 2.24) is 0 Å². The number of hydrogen-bond acceptors (Lipinski definition) is 3. The lowest BCUT2D eigenvalue weighted by Gasteiger charge is -2.14. The average molecular weight is 416 g/mol. The van der Waals surface area contributed by atoms with Crippen LogP contribution in [0.2, 0.25) is 0 Å². The molecule has 0 aliphatic rings. The fraction of sp³-hybridized carbons (Fsp3) is 0.231. The Morgan fingerprint density at radius 1 is 0.774 bits per heavy atom. The lowest BCUT2D eigenvalue weighted by Crippen LogP contribution is -2.22. The number of anilines is 3. The molecular weight excluding hydrogens is 386 g/mol. The Morgan fingerprint density at radius 3 is 2.06 bits per heavy atom. The highest BCUT2D eigenvalue weighted by atomic mass is 16.2. The Bertz CT molecular complexity index is 1010. The first-order chi connectivity index (χ1) is 15.0. The molecule has 0 radical (unpaired) electrons. The van der Waals surface area contributed by atoms with E-state index in [0.717, 1.165) is 23.2 Å². The van der Waals surface area contributed by atoms with Gasteiger partial charge in [-0.3, -0.25) is 9.59 Å². The maximum Gasteiger partial charge on any atom is 0.243 e. The summed E-state index contributed by atoms with van der Waals surface area (Å²) in [6, 6.07) is 23.2. The summed E-state index contributed by atoms with van der Waals surface area (Å²) in [5, 5.41) is 9.02. The van der Waals surface area contributed by atoms with Crippen LogP contribution >= 0.6 is 0 Å². The topological polar surface area (TPSA) is 70.2 Å². The van der Waals surface area contributed by atoms with Gasteiger partial charge in [-0.15, -0.1) is 0 Å². The van der Waals surface area contributed by atoms with Crippen molar-refractivity contribution in [2.24, 2.45) is 0 Å². The van der Waals surface area contributed by atoms with Gasteiger partial charge >= 0.3 is 0 Å². The first-order valence-electron chi connectivity index (χ1n) is 10.6. The molecule has 0 fully saturated rings. The predicted molar refractivity (Wildman–Crippen MR) is 128 cm³/mol. The van der Waals surface area contributed by atoms with Crippen LogP contribution in [0.25, 0.3) is 0 Å². The van der Waals surface area contributed by atoms with Crippen LogP contribution in [0.15, 0.2) is 72.8 Å². The Balaban J connectivity index is 1.46. The fourth-order valence-electron chi connectivity index (χ4n) is 3.41. The molecule has 3 N–H and O–H groups in total. The summed E-state index contributed by atoms with van der Waals surface area (Å²) in [7, 11) is 0. The molecule has 0 aliphatic carbocycles. The molecule has 0 saturated carbocycles. The van der Waals surface area contributed by atoms with Crippen molar-refractivity contribution in [3.63, 3.8) is 0 Å². The summed E-state index contributed by atoms with van der Waals surface area (Å²) in [6.45, 7) is 4.32. The van der Waals surface area contributed by atoms with Crippen molar-refractivity contribution in [2.75, 3.05) is 22.5 Å². The highest BCUT2D eigenvalue weighted by Gasteiger charge is 2.08. The van der Waals surface area contributed by atoms with Crippen molar-refractivity contribution in [1.29, 1.82) is 0 Å². The quantitative estimate of drug-likeness (QED) is 0.451. The highest BCUT2D eigenvalue weighted by molar-refractivity contribution is 5.95. The summed E-state index contributed by atoms with van der Waals surface area (Å²) in [6.07, 6.45) is 2.03. The van der Waals surface area contributed by atoms with Gasteiger partial charge in [0.25, 0.3) is 0 Å². The molecule has 0 atom stereocenters. The van der Waals surface area contributed by atoms with Crippen molar-refractivity contribution in [2.45, 2.75) is 33.1 Å². The fourth-order valence-corrected chi connectivity index (χ4v) is 3.41. The summed E-state index contributed by atoms with van der Waals surface area (Å²) in [5.41, 5.74) is 5.88. The van der Waals surface area contributed by atoms with Crippen LogP contribution in [-0.2, 0) is 22.4 Å². The molecule has 5 nitrogen and oxygen atoms in total. The SMILES string of the molecule is CCc1cccc(C)c1NCC(=O)Nc1ccc(NC(=O)CCc2ccccc2)cc1. The molecular formula is C26H29N3O2. The third-order valence-corrected chi connectivity index (χ3v) is 5.10. The van der Waals surface area contributed by atoms with Gasteiger partial charge in [-0.25, -0.2) is 0 Å². The number of carbonyl (C=O) groups excluding carboxylic acids is 2. The molecule has 0 unspecified atom stereocenters.